The molecule has 0 spiro atoms. The van der Waals surface area contributed by atoms with E-state index in [0.717, 1.165) is 19.5 Å². The molecule has 110 valence electrons. The van der Waals surface area contributed by atoms with Crippen LogP contribution in [0.25, 0.3) is 0 Å². The van der Waals surface area contributed by atoms with E-state index in [-0.39, 0.29) is 5.69 Å². The van der Waals surface area contributed by atoms with Gasteiger partial charge in [0, 0.05) is 25.2 Å². The molecule has 2 atom stereocenters. The van der Waals surface area contributed by atoms with E-state index in [2.05, 4.69) is 21.8 Å². The molecule has 3 rings (SSSR count). The summed E-state index contributed by atoms with van der Waals surface area (Å²) in [7, 11) is 2.20. The molecule has 2 bridgehead atoms. The van der Waals surface area contributed by atoms with E-state index in [0.29, 0.717) is 24.7 Å². The molecule has 0 amide bonds. The predicted octanol–water partition coefficient (Wildman–Crippen LogP) is 1.52. The zero-order chi connectivity index (χ0) is 14.1. The van der Waals surface area contributed by atoms with Crippen molar-refractivity contribution in [2.24, 2.45) is 0 Å². The van der Waals surface area contributed by atoms with E-state index < -0.39 is 5.97 Å². The number of anilines is 1. The molecule has 2 fully saturated rings. The molecule has 1 aromatic rings. The molecule has 2 aliphatic heterocycles. The highest BCUT2D eigenvalue weighted by molar-refractivity contribution is 5.87. The van der Waals surface area contributed by atoms with E-state index in [1.165, 1.54) is 19.1 Å². The lowest BCUT2D eigenvalue weighted by atomic mass is 10.1. The van der Waals surface area contributed by atoms with Crippen LogP contribution < -0.4 is 4.90 Å². The molecule has 0 aliphatic carbocycles. The fraction of sp³-hybridized carbons (Fsp3) is 0.714. The van der Waals surface area contributed by atoms with Crippen LogP contribution in [0.15, 0.2) is 10.7 Å². The molecule has 0 saturated carbocycles. The Morgan fingerprint density at radius 2 is 2.25 bits per heavy atom. The van der Waals surface area contributed by atoms with Crippen LogP contribution in [0.2, 0.25) is 0 Å². The second-order valence-electron chi connectivity index (χ2n) is 5.52. The number of oxazole rings is 1. The van der Waals surface area contributed by atoms with E-state index >= 15 is 0 Å². The van der Waals surface area contributed by atoms with Crippen LogP contribution >= 0.6 is 0 Å². The zero-order valence-corrected chi connectivity index (χ0v) is 12.0. The first-order chi connectivity index (χ1) is 9.69. The Bertz CT molecular complexity index is 488. The van der Waals surface area contributed by atoms with Gasteiger partial charge in [0.1, 0.15) is 6.26 Å². The molecule has 2 saturated heterocycles. The molecule has 6 nitrogen and oxygen atoms in total. The van der Waals surface area contributed by atoms with Crippen LogP contribution in [0, 0.1) is 0 Å². The van der Waals surface area contributed by atoms with Crippen molar-refractivity contribution >= 4 is 12.0 Å². The van der Waals surface area contributed by atoms with Crippen LogP contribution in [0.4, 0.5) is 6.01 Å². The van der Waals surface area contributed by atoms with Gasteiger partial charge in [-0.15, -0.1) is 0 Å². The van der Waals surface area contributed by atoms with Gasteiger partial charge in [0.05, 0.1) is 6.61 Å². The molecule has 0 N–H and O–H groups in total. The topological polar surface area (TPSA) is 58.8 Å². The number of hydrogen-bond acceptors (Lipinski definition) is 6. The molecule has 2 aliphatic rings. The third-order valence-corrected chi connectivity index (χ3v) is 4.40. The number of nitrogens with zero attached hydrogens (tertiary/aromatic N) is 3. The highest BCUT2D eigenvalue weighted by Gasteiger charge is 2.35. The maximum atomic E-state index is 11.6. The average molecular weight is 279 g/mol. The van der Waals surface area contributed by atoms with Crippen molar-refractivity contribution in [1.29, 1.82) is 0 Å². The van der Waals surface area contributed by atoms with E-state index in [4.69, 9.17) is 9.15 Å². The average Bonchev–Trinajstić information content (AvgIpc) is 2.97. The Kier molecular flexibility index (Phi) is 3.65. The molecule has 6 heteroatoms. The predicted molar refractivity (Wildman–Crippen MR) is 73.9 cm³/mol. The first-order valence-electron chi connectivity index (χ1n) is 7.28. The number of esters is 1. The van der Waals surface area contributed by atoms with Crippen LogP contribution in [-0.2, 0) is 4.74 Å². The Labute approximate surface area is 118 Å². The van der Waals surface area contributed by atoms with Crippen molar-refractivity contribution in [2.75, 3.05) is 31.6 Å². The number of carbonyl (C=O) groups excluding carboxylic acids is 1. The molecular formula is C14H21N3O3. The van der Waals surface area contributed by atoms with E-state index in [1.54, 1.807) is 6.92 Å². The van der Waals surface area contributed by atoms with Crippen molar-refractivity contribution in [3.8, 4) is 0 Å². The first-order valence-corrected chi connectivity index (χ1v) is 7.28. The monoisotopic (exact) mass is 279 g/mol. The fourth-order valence-electron chi connectivity index (χ4n) is 3.19. The minimum atomic E-state index is -0.420. The third-order valence-electron chi connectivity index (χ3n) is 4.40. The fourth-order valence-corrected chi connectivity index (χ4v) is 3.19. The van der Waals surface area contributed by atoms with Crippen molar-refractivity contribution in [3.63, 3.8) is 0 Å². The second-order valence-corrected chi connectivity index (χ2v) is 5.52. The SMILES string of the molecule is CCOC(=O)c1coc(N2CCC3CCC(C2)N3C)n1. The van der Waals surface area contributed by atoms with Gasteiger partial charge in [-0.2, -0.15) is 4.98 Å². The molecule has 2 unspecified atom stereocenters. The van der Waals surface area contributed by atoms with Crippen LogP contribution in [-0.4, -0.2) is 54.7 Å². The Hall–Kier alpha value is -1.56. The third kappa shape index (κ3) is 2.40. The number of fused-ring (bicyclic) bond motifs is 2. The van der Waals surface area contributed by atoms with Gasteiger partial charge < -0.3 is 14.1 Å². The smallest absolute Gasteiger partial charge is 0.360 e. The highest BCUT2D eigenvalue weighted by Crippen LogP contribution is 2.30. The summed E-state index contributed by atoms with van der Waals surface area (Å²) < 4.78 is 10.4. The molecule has 20 heavy (non-hydrogen) atoms. The quantitative estimate of drug-likeness (QED) is 0.782. The molecule has 0 radical (unpaired) electrons. The van der Waals surface area contributed by atoms with E-state index in [1.807, 2.05) is 0 Å². The zero-order valence-electron chi connectivity index (χ0n) is 12.0. The summed E-state index contributed by atoms with van der Waals surface area (Å²) in [6.07, 6.45) is 5.02. The summed E-state index contributed by atoms with van der Waals surface area (Å²) in [5, 5.41) is 0. The lowest BCUT2D eigenvalue weighted by molar-refractivity contribution is 0.0519. The number of hydrogen-bond donors (Lipinski definition) is 0. The van der Waals surface area contributed by atoms with Gasteiger partial charge in [0.25, 0.3) is 6.01 Å². The lowest BCUT2D eigenvalue weighted by Gasteiger charge is -2.24. The minimum absolute atomic E-state index is 0.254. The van der Waals surface area contributed by atoms with Gasteiger partial charge in [0.15, 0.2) is 5.69 Å². The normalized spacial score (nSPS) is 26.6. The van der Waals surface area contributed by atoms with Crippen LogP contribution in [0.1, 0.15) is 36.7 Å². The number of likely N-dealkylation sites (N-methyl/N-ethyl adjacent to an activating group) is 1. The van der Waals surface area contributed by atoms with Gasteiger partial charge >= 0.3 is 5.97 Å². The standard InChI is InChI=1S/C14H21N3O3/c1-3-19-13(18)12-9-20-14(15-12)17-7-6-10-4-5-11(8-17)16(10)2/h9-11H,3-8H2,1-2H3. The number of aromatic nitrogens is 1. The molecule has 3 heterocycles. The number of ether oxygens (including phenoxy) is 1. The maximum Gasteiger partial charge on any atom is 0.360 e. The number of rotatable bonds is 3. The Morgan fingerprint density at radius 3 is 3.05 bits per heavy atom. The van der Waals surface area contributed by atoms with Gasteiger partial charge in [-0.25, -0.2) is 4.79 Å². The van der Waals surface area contributed by atoms with Gasteiger partial charge in [-0.3, -0.25) is 4.90 Å². The van der Waals surface area contributed by atoms with E-state index in [9.17, 15) is 4.79 Å². The first kappa shape index (κ1) is 13.4. The highest BCUT2D eigenvalue weighted by atomic mass is 16.5. The van der Waals surface area contributed by atoms with Crippen molar-refractivity contribution < 1.29 is 13.9 Å². The summed E-state index contributed by atoms with van der Waals surface area (Å²) >= 11 is 0. The summed E-state index contributed by atoms with van der Waals surface area (Å²) in [5.41, 5.74) is 0.254. The van der Waals surface area contributed by atoms with Crippen molar-refractivity contribution in [1.82, 2.24) is 9.88 Å². The van der Waals surface area contributed by atoms with Crippen LogP contribution in [0.5, 0.6) is 0 Å². The van der Waals surface area contributed by atoms with Crippen molar-refractivity contribution in [2.45, 2.75) is 38.3 Å². The Morgan fingerprint density at radius 1 is 1.45 bits per heavy atom. The maximum absolute atomic E-state index is 11.6. The summed E-state index contributed by atoms with van der Waals surface area (Å²) in [6, 6.07) is 1.76. The van der Waals surface area contributed by atoms with Gasteiger partial charge in [-0.05, 0) is 33.2 Å². The summed E-state index contributed by atoms with van der Waals surface area (Å²) in [6.45, 7) is 3.96. The lowest BCUT2D eigenvalue weighted by Crippen LogP contribution is -2.36. The number of carbonyl (C=O) groups is 1. The molecule has 0 aromatic carbocycles. The van der Waals surface area contributed by atoms with Gasteiger partial charge in [0.2, 0.25) is 0 Å². The second kappa shape index (κ2) is 5.44. The van der Waals surface area contributed by atoms with Gasteiger partial charge in [-0.1, -0.05) is 0 Å². The molecular weight excluding hydrogens is 258 g/mol. The summed E-state index contributed by atoms with van der Waals surface area (Å²) in [4.78, 5) is 20.5. The Balaban J connectivity index is 1.72. The molecule has 1 aromatic heterocycles. The van der Waals surface area contributed by atoms with Crippen molar-refractivity contribution in [3.05, 3.63) is 12.0 Å². The largest absolute Gasteiger partial charge is 0.461 e. The summed E-state index contributed by atoms with van der Waals surface area (Å²) in [5.74, 6) is -0.420. The van der Waals surface area contributed by atoms with Crippen LogP contribution in [0.3, 0.4) is 0 Å². The minimum Gasteiger partial charge on any atom is -0.461 e.